The molecule has 2 N–H and O–H groups in total. The first-order valence-electron chi connectivity index (χ1n) is 10.2. The van der Waals surface area contributed by atoms with E-state index < -0.39 is 8.80 Å². The molecule has 3 heterocycles. The summed E-state index contributed by atoms with van der Waals surface area (Å²) < 4.78 is 15.9. The molecule has 4 aliphatic rings. The maximum Gasteiger partial charge on any atom is 0.518 e. The molecule has 1 unspecified atom stereocenters. The second-order valence-electron chi connectivity index (χ2n) is 7.34. The summed E-state index contributed by atoms with van der Waals surface area (Å²) in [6.45, 7) is 9.87. The highest BCUT2D eigenvalue weighted by atomic mass is 28.4. The van der Waals surface area contributed by atoms with Crippen LogP contribution >= 0.6 is 0 Å². The lowest BCUT2D eigenvalue weighted by molar-refractivity contribution is -0.117. The topological polar surface area (TPSA) is 96.9 Å². The standard InChI is InChI=1S/C12H13N3O2.C7H19NO3Si/c16-9-7-8(13-1-2-13)12(17)11(15-5-6-15)10(9)14-3-4-14;1-5-7(8)12(9-3,10-4)11-6-2/h7H,1-6H2;7H,5-6,8H2,1-4H3. The average molecular weight is 425 g/mol. The van der Waals surface area contributed by atoms with Crippen LogP contribution in [0.1, 0.15) is 20.3 Å². The number of nitrogens with two attached hydrogens (primary N) is 1. The Morgan fingerprint density at radius 1 is 0.966 bits per heavy atom. The van der Waals surface area contributed by atoms with Gasteiger partial charge in [0.15, 0.2) is 0 Å². The number of Topliss-reactive ketones (excluding diaryl/α,β-unsaturated/α-hetero) is 1. The van der Waals surface area contributed by atoms with E-state index in [1.165, 1.54) is 6.08 Å². The molecule has 0 radical (unpaired) electrons. The zero-order valence-electron chi connectivity index (χ0n) is 17.8. The molecule has 1 atom stereocenters. The third kappa shape index (κ3) is 4.72. The normalized spacial score (nSPS) is 21.7. The van der Waals surface area contributed by atoms with Crippen LogP contribution < -0.4 is 5.73 Å². The van der Waals surface area contributed by atoms with Crippen LogP contribution in [0.5, 0.6) is 0 Å². The van der Waals surface area contributed by atoms with Crippen molar-refractivity contribution in [2.75, 3.05) is 60.1 Å². The second kappa shape index (κ2) is 8.96. The third-order valence-corrected chi connectivity index (χ3v) is 8.44. The van der Waals surface area contributed by atoms with Crippen LogP contribution in [0, 0.1) is 0 Å². The Morgan fingerprint density at radius 2 is 1.48 bits per heavy atom. The van der Waals surface area contributed by atoms with Gasteiger partial charge in [0.05, 0.1) is 11.4 Å². The Morgan fingerprint density at radius 3 is 1.90 bits per heavy atom. The van der Waals surface area contributed by atoms with Crippen molar-refractivity contribution in [1.29, 1.82) is 0 Å². The van der Waals surface area contributed by atoms with E-state index in [9.17, 15) is 9.59 Å². The van der Waals surface area contributed by atoms with Crippen LogP contribution in [0.4, 0.5) is 0 Å². The van der Waals surface area contributed by atoms with Gasteiger partial charge in [0.1, 0.15) is 11.4 Å². The van der Waals surface area contributed by atoms with Gasteiger partial charge in [-0.25, -0.2) is 0 Å². The van der Waals surface area contributed by atoms with E-state index in [-0.39, 0.29) is 17.2 Å². The smallest absolute Gasteiger partial charge is 0.376 e. The molecular formula is C19H32N4O5Si. The van der Waals surface area contributed by atoms with E-state index >= 15 is 0 Å². The van der Waals surface area contributed by atoms with Gasteiger partial charge in [-0.2, -0.15) is 0 Å². The van der Waals surface area contributed by atoms with Crippen molar-refractivity contribution in [3.63, 3.8) is 0 Å². The van der Waals surface area contributed by atoms with Gasteiger partial charge in [0, 0.05) is 66.2 Å². The zero-order chi connectivity index (χ0) is 21.2. The first-order chi connectivity index (χ1) is 13.9. The molecule has 9 nitrogen and oxygen atoms in total. The number of allylic oxidation sites excluding steroid dienone is 1. The molecule has 1 aliphatic carbocycles. The Hall–Kier alpha value is -1.72. The molecule has 0 spiro atoms. The van der Waals surface area contributed by atoms with Crippen molar-refractivity contribution >= 4 is 20.4 Å². The predicted molar refractivity (Wildman–Crippen MR) is 110 cm³/mol. The molecule has 0 amide bonds. The van der Waals surface area contributed by atoms with E-state index in [2.05, 4.69) is 0 Å². The summed E-state index contributed by atoms with van der Waals surface area (Å²) in [6, 6.07) is 0. The number of nitrogens with zero attached hydrogens (tertiary/aromatic N) is 3. The molecule has 10 heteroatoms. The minimum Gasteiger partial charge on any atom is -0.376 e. The lowest BCUT2D eigenvalue weighted by Crippen LogP contribution is -2.58. The highest BCUT2D eigenvalue weighted by Gasteiger charge is 2.45. The number of ketones is 2. The summed E-state index contributed by atoms with van der Waals surface area (Å²) in [5, 5.41) is 0. The predicted octanol–water partition coefficient (Wildman–Crippen LogP) is -0.288. The quantitative estimate of drug-likeness (QED) is 0.304. The summed E-state index contributed by atoms with van der Waals surface area (Å²) >= 11 is 0. The largest absolute Gasteiger partial charge is 0.518 e. The Bertz CT molecular complexity index is 709. The van der Waals surface area contributed by atoms with Crippen LogP contribution in [-0.4, -0.2) is 101 Å². The molecule has 4 rings (SSSR count). The summed E-state index contributed by atoms with van der Waals surface area (Å²) in [6.07, 6.45) is 2.32. The Labute approximate surface area is 173 Å². The van der Waals surface area contributed by atoms with E-state index in [1.54, 1.807) is 14.2 Å². The number of rotatable bonds is 9. The molecule has 162 valence electrons. The van der Waals surface area contributed by atoms with Gasteiger partial charge < -0.3 is 33.7 Å². The van der Waals surface area contributed by atoms with Gasteiger partial charge in [-0.1, -0.05) is 6.92 Å². The highest BCUT2D eigenvalue weighted by Crippen LogP contribution is 2.33. The number of carbonyl (C=O) groups excluding carboxylic acids is 2. The summed E-state index contributed by atoms with van der Waals surface area (Å²) in [5.41, 5.74) is 7.60. The fraction of sp³-hybridized carbons (Fsp3) is 0.684. The third-order valence-electron chi connectivity index (χ3n) is 5.30. The number of hydrogen-bond acceptors (Lipinski definition) is 9. The maximum absolute atomic E-state index is 12.4. The van der Waals surface area contributed by atoms with Gasteiger partial charge in [-0.05, 0) is 13.3 Å². The molecule has 29 heavy (non-hydrogen) atoms. The minimum atomic E-state index is -2.57. The first kappa shape index (κ1) is 22.0. The van der Waals surface area contributed by atoms with Crippen molar-refractivity contribution in [3.8, 4) is 0 Å². The molecular weight excluding hydrogens is 392 g/mol. The van der Waals surface area contributed by atoms with E-state index in [0.29, 0.717) is 23.7 Å². The van der Waals surface area contributed by atoms with Crippen LogP contribution in [0.2, 0.25) is 0 Å². The van der Waals surface area contributed by atoms with Crippen molar-refractivity contribution in [2.45, 2.75) is 25.9 Å². The summed E-state index contributed by atoms with van der Waals surface area (Å²) in [7, 11) is 0.599. The molecule has 0 aromatic rings. The molecule has 0 saturated carbocycles. The molecule has 3 fully saturated rings. The van der Waals surface area contributed by atoms with E-state index in [1.807, 2.05) is 28.5 Å². The van der Waals surface area contributed by atoms with Gasteiger partial charge in [-0.15, -0.1) is 0 Å². The lowest BCUT2D eigenvalue weighted by Gasteiger charge is -2.30. The van der Waals surface area contributed by atoms with Crippen LogP contribution in [0.25, 0.3) is 0 Å². The van der Waals surface area contributed by atoms with Crippen LogP contribution in [0.3, 0.4) is 0 Å². The number of hydrogen-bond donors (Lipinski definition) is 1. The maximum atomic E-state index is 12.4. The SMILES string of the molecule is CCO[Si](OC)(OC)C(N)CC.O=C1C=C(N2CC2)C(=O)C(N2CC2)=C1N1CC1. The second-order valence-corrected chi connectivity index (χ2v) is 10.4. The molecule has 0 bridgehead atoms. The first-order valence-corrected chi connectivity index (χ1v) is 12.0. The fourth-order valence-electron chi connectivity index (χ4n) is 3.34. The van der Waals surface area contributed by atoms with Crippen molar-refractivity contribution < 1.29 is 22.9 Å². The van der Waals surface area contributed by atoms with Gasteiger partial charge in [-0.3, -0.25) is 9.59 Å². The summed E-state index contributed by atoms with van der Waals surface area (Å²) in [5.74, 6) is 0.0485. The van der Waals surface area contributed by atoms with Gasteiger partial charge in [0.25, 0.3) is 0 Å². The Kier molecular flexibility index (Phi) is 6.79. The summed E-state index contributed by atoms with van der Waals surface area (Å²) in [4.78, 5) is 30.5. The number of carbonyl (C=O) groups is 2. The Balaban J connectivity index is 0.000000179. The van der Waals surface area contributed by atoms with Crippen molar-refractivity contribution in [2.24, 2.45) is 5.73 Å². The van der Waals surface area contributed by atoms with Gasteiger partial charge in [0.2, 0.25) is 11.6 Å². The van der Waals surface area contributed by atoms with Crippen LogP contribution in [0.15, 0.2) is 23.2 Å². The van der Waals surface area contributed by atoms with Gasteiger partial charge >= 0.3 is 8.80 Å². The average Bonchev–Trinajstić information content (AvgIpc) is 3.59. The van der Waals surface area contributed by atoms with Crippen molar-refractivity contribution in [1.82, 2.24) is 14.7 Å². The molecule has 3 aliphatic heterocycles. The zero-order valence-corrected chi connectivity index (χ0v) is 18.8. The lowest BCUT2D eigenvalue weighted by atomic mass is 10.0. The molecule has 0 aromatic carbocycles. The monoisotopic (exact) mass is 424 g/mol. The van der Waals surface area contributed by atoms with E-state index in [4.69, 9.17) is 19.0 Å². The molecule has 0 aromatic heterocycles. The van der Waals surface area contributed by atoms with Crippen molar-refractivity contribution in [3.05, 3.63) is 23.2 Å². The van der Waals surface area contributed by atoms with E-state index in [0.717, 1.165) is 45.7 Å². The minimum absolute atomic E-state index is 0.00546. The highest BCUT2D eigenvalue weighted by molar-refractivity contribution is 6.62. The molecule has 3 saturated heterocycles. The fourth-order valence-corrected chi connectivity index (χ4v) is 5.46. The van der Waals surface area contributed by atoms with Crippen LogP contribution in [-0.2, 0) is 22.9 Å².